The van der Waals surface area contributed by atoms with Crippen molar-refractivity contribution in [1.29, 1.82) is 0 Å². The summed E-state index contributed by atoms with van der Waals surface area (Å²) in [5, 5.41) is 0.730. The van der Waals surface area contributed by atoms with Crippen LogP contribution in [0.3, 0.4) is 0 Å². The van der Waals surface area contributed by atoms with Gasteiger partial charge in [0.2, 0.25) is 5.12 Å². The number of nitrogens with zero attached hydrogens (tertiary/aromatic N) is 1. The zero-order valence-electron chi connectivity index (χ0n) is 7.29. The van der Waals surface area contributed by atoms with E-state index in [0.717, 1.165) is 15.8 Å². The van der Waals surface area contributed by atoms with Crippen LogP contribution in [0.15, 0.2) is 29.4 Å². The van der Waals surface area contributed by atoms with E-state index in [1.165, 1.54) is 10.8 Å². The summed E-state index contributed by atoms with van der Waals surface area (Å²) in [6, 6.07) is 5.05. The number of nitrogens with two attached hydrogens (primary N) is 1. The van der Waals surface area contributed by atoms with Crippen LogP contribution in [0, 0.1) is 0 Å². The van der Waals surface area contributed by atoms with Crippen molar-refractivity contribution in [2.45, 2.75) is 11.1 Å². The topological polar surface area (TPSA) is 56.0 Å². The minimum atomic E-state index is -0.500. The summed E-state index contributed by atoms with van der Waals surface area (Å²) in [5.74, 6) is 0.370. The zero-order chi connectivity index (χ0) is 10.4. The van der Waals surface area contributed by atoms with Crippen LogP contribution in [0.25, 0.3) is 0 Å². The van der Waals surface area contributed by atoms with Crippen LogP contribution in [0.5, 0.6) is 0 Å². The van der Waals surface area contributed by atoms with Gasteiger partial charge in [0.1, 0.15) is 5.03 Å². The van der Waals surface area contributed by atoms with Gasteiger partial charge in [0.15, 0.2) is 0 Å². The molecule has 2 N–H and O–H groups in total. The molecule has 0 radical (unpaired) electrons. The summed E-state index contributed by atoms with van der Waals surface area (Å²) >= 11 is 3.95. The van der Waals surface area contributed by atoms with Gasteiger partial charge in [0, 0.05) is 11.9 Å². The van der Waals surface area contributed by atoms with Crippen LogP contribution in [0.1, 0.15) is 0 Å². The molecule has 1 aromatic rings. The second-order valence-corrected chi connectivity index (χ2v) is 4.96. The fraction of sp³-hybridized carbons (Fsp3) is 0.250. The molecule has 6 heteroatoms. The Bertz CT molecular complexity index is 294. The highest BCUT2D eigenvalue weighted by Crippen LogP contribution is 2.30. The van der Waals surface area contributed by atoms with E-state index in [1.54, 1.807) is 6.20 Å². The summed E-state index contributed by atoms with van der Waals surface area (Å²) in [6.45, 7) is 0. The molecule has 0 saturated heterocycles. The van der Waals surface area contributed by atoms with Gasteiger partial charge in [-0.05, 0) is 33.7 Å². The molecule has 0 aromatic carbocycles. The van der Waals surface area contributed by atoms with Crippen LogP contribution in [0.2, 0.25) is 0 Å². The van der Waals surface area contributed by atoms with Gasteiger partial charge in [-0.2, -0.15) is 12.6 Å². The molecule has 76 valence electrons. The first-order chi connectivity index (χ1) is 6.74. The number of aromatic nitrogens is 1. The van der Waals surface area contributed by atoms with Gasteiger partial charge in [0.05, 0.1) is 6.04 Å². The Morgan fingerprint density at radius 2 is 2.43 bits per heavy atom. The lowest BCUT2D eigenvalue weighted by molar-refractivity contribution is -0.111. The molecule has 0 aliphatic rings. The van der Waals surface area contributed by atoms with Crippen molar-refractivity contribution in [3.63, 3.8) is 0 Å². The second-order valence-electron chi connectivity index (χ2n) is 2.44. The molecule has 3 nitrogen and oxygen atoms in total. The van der Waals surface area contributed by atoms with Crippen LogP contribution < -0.4 is 5.73 Å². The van der Waals surface area contributed by atoms with Gasteiger partial charge >= 0.3 is 0 Å². The lowest BCUT2D eigenvalue weighted by Crippen LogP contribution is -2.29. The van der Waals surface area contributed by atoms with E-state index in [-0.39, 0.29) is 5.12 Å². The average Bonchev–Trinajstić information content (AvgIpc) is 2.26. The molecule has 0 unspecified atom stereocenters. The van der Waals surface area contributed by atoms with Crippen molar-refractivity contribution >= 4 is 39.3 Å². The Morgan fingerprint density at radius 1 is 1.64 bits per heavy atom. The van der Waals surface area contributed by atoms with E-state index < -0.39 is 6.04 Å². The first-order valence-electron chi connectivity index (χ1n) is 3.90. The third kappa shape index (κ3) is 3.91. The van der Waals surface area contributed by atoms with Crippen molar-refractivity contribution in [3.8, 4) is 0 Å². The summed E-state index contributed by atoms with van der Waals surface area (Å²) < 4.78 is 0. The van der Waals surface area contributed by atoms with Crippen molar-refractivity contribution in [2.75, 3.05) is 5.75 Å². The molecule has 0 aliphatic carbocycles. The lowest BCUT2D eigenvalue weighted by Gasteiger charge is -2.04. The molecular formula is C8H10N2OS3. The SMILES string of the molecule is N[C@@H](CS)C(=O)SSc1ccccn1. The van der Waals surface area contributed by atoms with Crippen LogP contribution in [-0.2, 0) is 4.79 Å². The van der Waals surface area contributed by atoms with Gasteiger partial charge in [0.25, 0.3) is 0 Å². The van der Waals surface area contributed by atoms with Crippen LogP contribution in [-0.4, -0.2) is 21.9 Å². The number of hydrogen-bond donors (Lipinski definition) is 2. The quantitative estimate of drug-likeness (QED) is 0.624. The number of carbonyl (C=O) groups is 1. The molecule has 0 amide bonds. The molecule has 1 rings (SSSR count). The minimum absolute atomic E-state index is 0.0735. The molecule has 1 heterocycles. The number of pyridine rings is 1. The van der Waals surface area contributed by atoms with E-state index in [0.29, 0.717) is 5.75 Å². The van der Waals surface area contributed by atoms with Crippen molar-refractivity contribution in [3.05, 3.63) is 24.4 Å². The molecule has 0 aliphatic heterocycles. The summed E-state index contributed by atoms with van der Waals surface area (Å²) in [5.41, 5.74) is 5.50. The van der Waals surface area contributed by atoms with E-state index in [1.807, 2.05) is 18.2 Å². The molecule has 0 spiro atoms. The molecule has 14 heavy (non-hydrogen) atoms. The first kappa shape index (κ1) is 11.9. The number of rotatable bonds is 4. The Morgan fingerprint density at radius 3 is 3.00 bits per heavy atom. The van der Waals surface area contributed by atoms with Crippen molar-refractivity contribution < 1.29 is 4.79 Å². The smallest absolute Gasteiger partial charge is 0.217 e. The number of thiol groups is 1. The maximum Gasteiger partial charge on any atom is 0.217 e. The molecule has 1 aromatic heterocycles. The molecule has 0 fully saturated rings. The Labute approximate surface area is 96.0 Å². The Kier molecular flexibility index (Phi) is 5.39. The largest absolute Gasteiger partial charge is 0.320 e. The first-order valence-corrected chi connectivity index (χ1v) is 6.68. The van der Waals surface area contributed by atoms with Crippen LogP contribution >= 0.6 is 34.2 Å². The van der Waals surface area contributed by atoms with Crippen molar-refractivity contribution in [1.82, 2.24) is 4.98 Å². The van der Waals surface area contributed by atoms with Gasteiger partial charge in [-0.1, -0.05) is 6.07 Å². The minimum Gasteiger partial charge on any atom is -0.320 e. The highest BCUT2D eigenvalue weighted by molar-refractivity contribution is 8.82. The molecular weight excluding hydrogens is 236 g/mol. The maximum atomic E-state index is 11.3. The third-order valence-electron chi connectivity index (χ3n) is 1.35. The normalized spacial score (nSPS) is 12.4. The highest BCUT2D eigenvalue weighted by Gasteiger charge is 2.12. The van der Waals surface area contributed by atoms with Gasteiger partial charge < -0.3 is 5.73 Å². The Hall–Kier alpha value is -0.170. The van der Waals surface area contributed by atoms with E-state index in [9.17, 15) is 4.79 Å². The summed E-state index contributed by atoms with van der Waals surface area (Å²) in [4.78, 5) is 15.4. The average molecular weight is 246 g/mol. The third-order valence-corrected chi connectivity index (χ3v) is 3.96. The van der Waals surface area contributed by atoms with Gasteiger partial charge in [-0.3, -0.25) is 4.79 Å². The molecule has 0 bridgehead atoms. The van der Waals surface area contributed by atoms with E-state index in [2.05, 4.69) is 17.6 Å². The lowest BCUT2D eigenvalue weighted by atomic mass is 10.4. The second kappa shape index (κ2) is 6.34. The fourth-order valence-corrected chi connectivity index (χ4v) is 2.69. The monoisotopic (exact) mass is 246 g/mol. The van der Waals surface area contributed by atoms with Crippen LogP contribution in [0.4, 0.5) is 0 Å². The molecule has 0 saturated carbocycles. The summed E-state index contributed by atoms with van der Waals surface area (Å²) in [7, 11) is 2.42. The predicted octanol–water partition coefficient (Wildman–Crippen LogP) is 1.61. The predicted molar refractivity (Wildman–Crippen MR) is 64.5 cm³/mol. The van der Waals surface area contributed by atoms with Crippen molar-refractivity contribution in [2.24, 2.45) is 5.73 Å². The number of carbonyl (C=O) groups excluding carboxylic acids is 1. The zero-order valence-corrected chi connectivity index (χ0v) is 9.82. The van der Waals surface area contributed by atoms with Gasteiger partial charge in [-0.15, -0.1) is 0 Å². The van der Waals surface area contributed by atoms with E-state index in [4.69, 9.17) is 5.73 Å². The Balaban J connectivity index is 2.38. The number of hydrogen-bond acceptors (Lipinski definition) is 6. The highest BCUT2D eigenvalue weighted by atomic mass is 33.1. The fourth-order valence-electron chi connectivity index (χ4n) is 0.616. The van der Waals surface area contributed by atoms with E-state index >= 15 is 0 Å². The molecule has 1 atom stereocenters. The summed E-state index contributed by atoms with van der Waals surface area (Å²) in [6.07, 6.45) is 1.69. The standard InChI is InChI=1S/C8H10N2OS3/c9-6(5-12)8(11)14-13-7-3-1-2-4-10-7/h1-4,6,12H,5,9H2/t6-/m0/s1. The van der Waals surface area contributed by atoms with Gasteiger partial charge in [-0.25, -0.2) is 4.98 Å². The maximum absolute atomic E-state index is 11.3.